The van der Waals surface area contributed by atoms with Crippen LogP contribution in [0.15, 0.2) is 47.1 Å². The van der Waals surface area contributed by atoms with Gasteiger partial charge in [0.05, 0.1) is 0 Å². The van der Waals surface area contributed by atoms with Crippen molar-refractivity contribution in [3.05, 3.63) is 47.1 Å². The van der Waals surface area contributed by atoms with Crippen molar-refractivity contribution in [3.63, 3.8) is 0 Å². The van der Waals surface area contributed by atoms with Crippen LogP contribution in [0.25, 0.3) is 0 Å². The second-order valence-electron chi connectivity index (χ2n) is 4.86. The van der Waals surface area contributed by atoms with Gasteiger partial charge in [-0.2, -0.15) is 0 Å². The maximum absolute atomic E-state index is 2.36. The van der Waals surface area contributed by atoms with Gasteiger partial charge in [-0.1, -0.05) is 50.6 Å². The Labute approximate surface area is 93.1 Å². The number of hydrogen-bond donors (Lipinski definition) is 0. The normalized spacial score (nSPS) is 18.7. The molecule has 0 unspecified atom stereocenters. The highest BCUT2D eigenvalue weighted by Crippen LogP contribution is 2.33. The lowest BCUT2D eigenvalue weighted by atomic mass is 9.93. The first kappa shape index (κ1) is 10.5. The van der Waals surface area contributed by atoms with Crippen LogP contribution in [0.5, 0.6) is 0 Å². The van der Waals surface area contributed by atoms with E-state index in [9.17, 15) is 0 Å². The molecule has 0 atom stereocenters. The van der Waals surface area contributed by atoms with Crippen molar-refractivity contribution in [3.8, 4) is 0 Å². The minimum absolute atomic E-state index is 0.833. The first-order valence-electron chi connectivity index (χ1n) is 6.05. The zero-order chi connectivity index (χ0) is 10.7. The van der Waals surface area contributed by atoms with Crippen LogP contribution in [-0.2, 0) is 0 Å². The van der Waals surface area contributed by atoms with Crippen LogP contribution in [0.1, 0.15) is 39.5 Å². The Morgan fingerprint density at radius 3 is 2.93 bits per heavy atom. The largest absolute Gasteiger partial charge is 0.0801 e. The monoisotopic (exact) mass is 200 g/mol. The maximum atomic E-state index is 2.36. The van der Waals surface area contributed by atoms with Crippen molar-refractivity contribution in [2.45, 2.75) is 39.5 Å². The number of rotatable bonds is 4. The van der Waals surface area contributed by atoms with E-state index in [0.717, 1.165) is 12.3 Å². The Hall–Kier alpha value is -1.04. The van der Waals surface area contributed by atoms with Gasteiger partial charge in [0.25, 0.3) is 0 Å². The Kier molecular flexibility index (Phi) is 3.25. The molecule has 0 heteroatoms. The molecule has 80 valence electrons. The first-order valence-corrected chi connectivity index (χ1v) is 6.05. The van der Waals surface area contributed by atoms with Gasteiger partial charge in [-0.25, -0.2) is 0 Å². The molecule has 2 aliphatic rings. The van der Waals surface area contributed by atoms with Gasteiger partial charge in [0, 0.05) is 0 Å². The average molecular weight is 200 g/mol. The summed E-state index contributed by atoms with van der Waals surface area (Å²) >= 11 is 0. The van der Waals surface area contributed by atoms with E-state index in [1.165, 1.54) is 30.4 Å². The topological polar surface area (TPSA) is 0 Å². The molecule has 0 aromatic carbocycles. The quantitative estimate of drug-likeness (QED) is 0.623. The van der Waals surface area contributed by atoms with Gasteiger partial charge in [0.1, 0.15) is 0 Å². The van der Waals surface area contributed by atoms with Crippen molar-refractivity contribution in [1.82, 2.24) is 0 Å². The average Bonchev–Trinajstić information content (AvgIpc) is 2.62. The molecule has 2 rings (SSSR count). The summed E-state index contributed by atoms with van der Waals surface area (Å²) in [7, 11) is 0. The van der Waals surface area contributed by atoms with Crippen molar-refractivity contribution >= 4 is 0 Å². The Balaban J connectivity index is 1.89. The molecule has 0 fully saturated rings. The Bertz CT molecular complexity index is 348. The molecule has 0 heterocycles. The molecule has 2 aliphatic carbocycles. The third-order valence-electron chi connectivity index (χ3n) is 3.10. The van der Waals surface area contributed by atoms with Gasteiger partial charge in [-0.15, -0.1) is 0 Å². The lowest BCUT2D eigenvalue weighted by Crippen LogP contribution is -1.93. The molecule has 0 radical (unpaired) electrons. The molecule has 0 saturated heterocycles. The molecular weight excluding hydrogens is 180 g/mol. The molecule has 0 aliphatic heterocycles. The van der Waals surface area contributed by atoms with E-state index >= 15 is 0 Å². The van der Waals surface area contributed by atoms with Crippen molar-refractivity contribution in [2.75, 3.05) is 0 Å². The lowest BCUT2D eigenvalue weighted by molar-refractivity contribution is 0.556. The predicted octanol–water partition coefficient (Wildman–Crippen LogP) is 4.57. The van der Waals surface area contributed by atoms with Crippen molar-refractivity contribution < 1.29 is 0 Å². The zero-order valence-corrected chi connectivity index (χ0v) is 9.79. The SMILES string of the molecule is CC(C)CCCC1=CC=C2C=CCC=C21. The number of hydrogen-bond acceptors (Lipinski definition) is 0. The molecule has 0 amide bonds. The van der Waals surface area contributed by atoms with Crippen LogP contribution in [0.2, 0.25) is 0 Å². The van der Waals surface area contributed by atoms with Gasteiger partial charge >= 0.3 is 0 Å². The fraction of sp³-hybridized carbons (Fsp3) is 0.467. The first-order chi connectivity index (χ1) is 7.27. The van der Waals surface area contributed by atoms with E-state index < -0.39 is 0 Å². The van der Waals surface area contributed by atoms with Crippen molar-refractivity contribution in [1.29, 1.82) is 0 Å². The maximum Gasteiger partial charge on any atom is -0.0157 e. The highest BCUT2D eigenvalue weighted by molar-refractivity contribution is 5.60. The van der Waals surface area contributed by atoms with E-state index in [0.29, 0.717) is 0 Å². The summed E-state index contributed by atoms with van der Waals surface area (Å²) < 4.78 is 0. The van der Waals surface area contributed by atoms with Gasteiger partial charge in [-0.3, -0.25) is 0 Å². The fourth-order valence-electron chi connectivity index (χ4n) is 2.25. The summed E-state index contributed by atoms with van der Waals surface area (Å²) in [6.07, 6.45) is 16.4. The van der Waals surface area contributed by atoms with E-state index in [1.807, 2.05) is 0 Å². The highest BCUT2D eigenvalue weighted by Gasteiger charge is 2.14. The molecule has 15 heavy (non-hydrogen) atoms. The molecule has 0 saturated carbocycles. The van der Waals surface area contributed by atoms with E-state index in [1.54, 1.807) is 5.57 Å². The van der Waals surface area contributed by atoms with Gasteiger partial charge in [-0.05, 0) is 41.9 Å². The standard InChI is InChI=1S/C15H20/c1-12(2)6-5-8-14-11-10-13-7-3-4-9-15(13)14/h3,7,9-12H,4-6,8H2,1-2H3. The van der Waals surface area contributed by atoms with Crippen LogP contribution in [-0.4, -0.2) is 0 Å². The molecule has 0 aromatic heterocycles. The van der Waals surface area contributed by atoms with Crippen LogP contribution in [0.3, 0.4) is 0 Å². The summed E-state index contributed by atoms with van der Waals surface area (Å²) in [5.41, 5.74) is 4.47. The number of allylic oxidation sites excluding steroid dienone is 8. The zero-order valence-electron chi connectivity index (χ0n) is 9.79. The molecule has 0 bridgehead atoms. The minimum Gasteiger partial charge on any atom is -0.0801 e. The third-order valence-corrected chi connectivity index (χ3v) is 3.10. The molecule has 0 N–H and O–H groups in total. The summed E-state index contributed by atoms with van der Waals surface area (Å²) in [6, 6.07) is 0. The van der Waals surface area contributed by atoms with Crippen molar-refractivity contribution in [2.24, 2.45) is 5.92 Å². The van der Waals surface area contributed by atoms with Crippen LogP contribution >= 0.6 is 0 Å². The Morgan fingerprint density at radius 1 is 1.27 bits per heavy atom. The fourth-order valence-corrected chi connectivity index (χ4v) is 2.25. The van der Waals surface area contributed by atoms with E-state index in [2.05, 4.69) is 44.2 Å². The molecule has 0 nitrogen and oxygen atoms in total. The van der Waals surface area contributed by atoms with E-state index in [4.69, 9.17) is 0 Å². The second kappa shape index (κ2) is 4.65. The van der Waals surface area contributed by atoms with Crippen LogP contribution in [0, 0.1) is 5.92 Å². The van der Waals surface area contributed by atoms with Crippen LogP contribution < -0.4 is 0 Å². The summed E-state index contributed by atoms with van der Waals surface area (Å²) in [6.45, 7) is 4.60. The van der Waals surface area contributed by atoms with Gasteiger partial charge in [0.2, 0.25) is 0 Å². The van der Waals surface area contributed by atoms with Gasteiger partial charge < -0.3 is 0 Å². The minimum atomic E-state index is 0.833. The number of fused-ring (bicyclic) bond motifs is 1. The van der Waals surface area contributed by atoms with Gasteiger partial charge in [0.15, 0.2) is 0 Å². The summed E-state index contributed by atoms with van der Waals surface area (Å²) in [5, 5.41) is 0. The molecule has 0 aromatic rings. The summed E-state index contributed by atoms with van der Waals surface area (Å²) in [5.74, 6) is 0.833. The van der Waals surface area contributed by atoms with E-state index in [-0.39, 0.29) is 0 Å². The second-order valence-corrected chi connectivity index (χ2v) is 4.86. The predicted molar refractivity (Wildman–Crippen MR) is 66.7 cm³/mol. The summed E-state index contributed by atoms with van der Waals surface area (Å²) in [4.78, 5) is 0. The highest BCUT2D eigenvalue weighted by atomic mass is 14.2. The molecular formula is C15H20. The lowest BCUT2D eigenvalue weighted by Gasteiger charge is -2.11. The third kappa shape index (κ3) is 2.50. The Morgan fingerprint density at radius 2 is 2.13 bits per heavy atom. The smallest absolute Gasteiger partial charge is 0.0157 e. The van der Waals surface area contributed by atoms with Crippen LogP contribution in [0.4, 0.5) is 0 Å². The molecule has 0 spiro atoms.